The number of benzene rings is 2. The number of nitrogens with two attached hydrogens (primary N) is 3. The number of unbranched alkanes of at least 4 members (excludes halogenated alkanes) is 3. The lowest BCUT2D eigenvalue weighted by atomic mass is 9.43. The first-order valence-corrected chi connectivity index (χ1v) is 23.6. The van der Waals surface area contributed by atoms with E-state index in [0.717, 1.165) is 43.2 Å². The highest BCUT2D eigenvalue weighted by molar-refractivity contribution is 6.47. The predicted molar refractivity (Wildman–Crippen MR) is 251 cm³/mol. The molecule has 2 aromatic carbocycles. The number of hydrogen-bond acceptors (Lipinski definition) is 10. The van der Waals surface area contributed by atoms with Crippen LogP contribution in [0.5, 0.6) is 0 Å². The molecule has 6 rings (SSSR count). The summed E-state index contributed by atoms with van der Waals surface area (Å²) in [7, 11) is -0.734. The largest absolute Gasteiger partial charge is 0.481 e. The molecule has 0 spiro atoms. The van der Waals surface area contributed by atoms with Gasteiger partial charge in [-0.1, -0.05) is 63.6 Å². The molecule has 1 aliphatic heterocycles. The molecular weight excluding hydrogens is 827 g/mol. The Morgan fingerprint density at radius 2 is 1.26 bits per heavy atom. The minimum Gasteiger partial charge on any atom is -0.404 e. The number of aryl methyl sites for hydroxylation is 1. The van der Waals surface area contributed by atoms with Crippen molar-refractivity contribution in [3.05, 3.63) is 59.7 Å². The van der Waals surface area contributed by atoms with Crippen LogP contribution in [0.25, 0.3) is 11.1 Å². The molecule has 1 saturated heterocycles. The van der Waals surface area contributed by atoms with E-state index >= 15 is 0 Å². The van der Waals surface area contributed by atoms with Gasteiger partial charge in [-0.25, -0.2) is 0 Å². The second kappa shape index (κ2) is 23.1. The van der Waals surface area contributed by atoms with E-state index in [1.807, 2.05) is 12.1 Å². The van der Waals surface area contributed by atoms with Gasteiger partial charge < -0.3 is 53.1 Å². The third-order valence-corrected chi connectivity index (χ3v) is 13.9. The highest BCUT2D eigenvalue weighted by atomic mass is 16.7. The number of nitrogens with one attached hydrogen (secondary N) is 5. The van der Waals surface area contributed by atoms with Gasteiger partial charge >= 0.3 is 7.12 Å². The number of primary amides is 1. The summed E-state index contributed by atoms with van der Waals surface area (Å²) in [6.45, 7) is 12.7. The molecule has 1 heterocycles. The average Bonchev–Trinajstić information content (AvgIpc) is 3.65. The lowest BCUT2D eigenvalue weighted by Gasteiger charge is -2.64. The van der Waals surface area contributed by atoms with Gasteiger partial charge in [-0.15, -0.1) is 0 Å². The number of amides is 6. The smallest absolute Gasteiger partial charge is 0.404 e. The van der Waals surface area contributed by atoms with Crippen molar-refractivity contribution in [2.75, 3.05) is 13.1 Å². The van der Waals surface area contributed by atoms with Crippen molar-refractivity contribution in [2.45, 2.75) is 160 Å². The molecule has 3 saturated carbocycles. The SMILES string of the molecule is CCCCc1ccc(-c2ccc(C(=O)N[C@@H](CCCCN)C(=O)N[C@@H](CCCCN)C(=O)N[C@@H](C)C(=O)N[C@@H](CC(N)=O)C(=O)N[C@@H](C)B3OC4C[C@@H]5C[C@@H](C5(C)C)[C@]4(C)O3)cc2)cc1. The van der Waals surface area contributed by atoms with Crippen molar-refractivity contribution >= 4 is 42.6 Å². The zero-order valence-corrected chi connectivity index (χ0v) is 39.2. The minimum absolute atomic E-state index is 0.105. The molecule has 6 amide bonds. The minimum atomic E-state index is -1.36. The zero-order chi connectivity index (χ0) is 47.5. The van der Waals surface area contributed by atoms with Crippen LogP contribution in [0.15, 0.2) is 48.5 Å². The number of hydrogen-bond donors (Lipinski definition) is 8. The molecule has 65 heavy (non-hydrogen) atoms. The van der Waals surface area contributed by atoms with Crippen LogP contribution < -0.4 is 43.8 Å². The van der Waals surface area contributed by atoms with Gasteiger partial charge in [0.1, 0.15) is 24.2 Å². The summed E-state index contributed by atoms with van der Waals surface area (Å²) < 4.78 is 12.8. The molecule has 4 aliphatic rings. The predicted octanol–water partition coefficient (Wildman–Crippen LogP) is 3.17. The normalized spacial score (nSPS) is 22.8. The van der Waals surface area contributed by atoms with Gasteiger partial charge in [-0.2, -0.15) is 0 Å². The number of carbonyl (C=O) groups is 6. The van der Waals surface area contributed by atoms with Crippen LogP contribution >= 0.6 is 0 Å². The fourth-order valence-electron chi connectivity index (χ4n) is 9.69. The molecule has 356 valence electrons. The van der Waals surface area contributed by atoms with E-state index < -0.39 is 84.7 Å². The van der Waals surface area contributed by atoms with Gasteiger partial charge in [0.05, 0.1) is 24.1 Å². The van der Waals surface area contributed by atoms with Gasteiger partial charge in [-0.3, -0.25) is 28.8 Å². The van der Waals surface area contributed by atoms with E-state index in [1.54, 1.807) is 19.1 Å². The maximum atomic E-state index is 13.9. The van der Waals surface area contributed by atoms with Crippen molar-refractivity contribution in [3.8, 4) is 11.1 Å². The van der Waals surface area contributed by atoms with E-state index in [0.29, 0.717) is 56.2 Å². The summed E-state index contributed by atoms with van der Waals surface area (Å²) in [4.78, 5) is 80.4. The van der Waals surface area contributed by atoms with Gasteiger partial charge in [0.25, 0.3) is 5.91 Å². The molecule has 1 unspecified atom stereocenters. The van der Waals surface area contributed by atoms with Crippen LogP contribution in [0.3, 0.4) is 0 Å². The third-order valence-electron chi connectivity index (χ3n) is 13.9. The molecule has 11 N–H and O–H groups in total. The fourth-order valence-corrected chi connectivity index (χ4v) is 9.69. The third kappa shape index (κ3) is 13.0. The van der Waals surface area contributed by atoms with Crippen molar-refractivity contribution in [1.29, 1.82) is 0 Å². The van der Waals surface area contributed by atoms with Crippen molar-refractivity contribution < 1.29 is 38.1 Å². The van der Waals surface area contributed by atoms with Gasteiger partial charge in [-0.05, 0) is 144 Å². The molecule has 2 aromatic rings. The highest BCUT2D eigenvalue weighted by Gasteiger charge is 2.68. The van der Waals surface area contributed by atoms with Crippen molar-refractivity contribution in [3.63, 3.8) is 0 Å². The van der Waals surface area contributed by atoms with Gasteiger partial charge in [0.2, 0.25) is 29.5 Å². The van der Waals surface area contributed by atoms with Crippen LogP contribution in [0, 0.1) is 17.3 Å². The zero-order valence-electron chi connectivity index (χ0n) is 39.2. The van der Waals surface area contributed by atoms with Gasteiger partial charge in [0.15, 0.2) is 0 Å². The summed E-state index contributed by atoms with van der Waals surface area (Å²) in [6, 6.07) is 10.9. The van der Waals surface area contributed by atoms with Crippen LogP contribution in [0.1, 0.15) is 128 Å². The molecule has 0 aromatic heterocycles. The van der Waals surface area contributed by atoms with E-state index in [1.165, 1.54) is 12.5 Å². The Balaban J connectivity index is 1.19. The molecule has 2 bridgehead atoms. The first-order valence-electron chi connectivity index (χ1n) is 23.6. The van der Waals surface area contributed by atoms with Crippen LogP contribution in [-0.2, 0) is 39.7 Å². The summed E-state index contributed by atoms with van der Waals surface area (Å²) in [5, 5.41) is 13.7. The molecule has 3 aliphatic carbocycles. The van der Waals surface area contributed by atoms with Crippen LogP contribution in [-0.4, -0.2) is 97.5 Å². The summed E-state index contributed by atoms with van der Waals surface area (Å²) in [5.41, 5.74) is 20.3. The summed E-state index contributed by atoms with van der Waals surface area (Å²) in [5.74, 6) is -3.68. The molecule has 4 fully saturated rings. The Hall–Kier alpha value is -4.84. The van der Waals surface area contributed by atoms with Crippen molar-refractivity contribution in [2.24, 2.45) is 34.5 Å². The maximum absolute atomic E-state index is 13.9. The molecule has 16 nitrogen and oxygen atoms in total. The first-order chi connectivity index (χ1) is 30.9. The molecule has 0 radical (unpaired) electrons. The highest BCUT2D eigenvalue weighted by Crippen LogP contribution is 2.65. The maximum Gasteiger partial charge on any atom is 0.481 e. The Kier molecular flexibility index (Phi) is 18.1. The Morgan fingerprint density at radius 3 is 1.83 bits per heavy atom. The second-order valence-corrected chi connectivity index (χ2v) is 19.1. The summed E-state index contributed by atoms with van der Waals surface area (Å²) >= 11 is 0. The van der Waals surface area contributed by atoms with E-state index in [9.17, 15) is 28.8 Å². The number of rotatable bonds is 25. The molecule has 17 heteroatoms. The second-order valence-electron chi connectivity index (χ2n) is 19.1. The lowest BCUT2D eigenvalue weighted by Crippen LogP contribution is -2.65. The quantitative estimate of drug-likeness (QED) is 0.0534. The van der Waals surface area contributed by atoms with Gasteiger partial charge in [0, 0.05) is 5.56 Å². The number of carbonyl (C=O) groups excluding carboxylic acids is 6. The first kappa shape index (κ1) is 51.2. The molecular formula is C48H73BN8O8. The average molecular weight is 901 g/mol. The van der Waals surface area contributed by atoms with E-state index in [4.69, 9.17) is 26.5 Å². The Labute approximate surface area is 384 Å². The fraction of sp³-hybridized carbons (Fsp3) is 0.625. The van der Waals surface area contributed by atoms with Crippen LogP contribution in [0.2, 0.25) is 0 Å². The Morgan fingerprint density at radius 1 is 0.708 bits per heavy atom. The van der Waals surface area contributed by atoms with E-state index in [-0.39, 0.29) is 24.4 Å². The monoisotopic (exact) mass is 901 g/mol. The van der Waals surface area contributed by atoms with Crippen molar-refractivity contribution in [1.82, 2.24) is 26.6 Å². The lowest BCUT2D eigenvalue weighted by molar-refractivity contribution is -0.199. The Bertz CT molecular complexity index is 1970. The summed E-state index contributed by atoms with van der Waals surface area (Å²) in [6.07, 6.45) is 7.31. The van der Waals surface area contributed by atoms with Crippen LogP contribution in [0.4, 0.5) is 0 Å². The van der Waals surface area contributed by atoms with E-state index in [2.05, 4.69) is 78.5 Å². The topological polar surface area (TPSA) is 259 Å². The standard InChI is InChI=1S/C48H73BN8O8/c1-7-8-13-31-16-18-32(19-17-31)33-20-22-34(23-21-33)43(60)55-37(15-10-12-25-51)45(62)56-36(14-9-11-24-50)44(61)53-29(2)42(59)57-38(28-41(52)58)46(63)54-30(3)49-64-40-27-35-26-39(47(35,4)5)48(40,6)65-49/h16-23,29-30,35-40H,7-15,24-28,50-51H2,1-6H3,(H2,52,58)(H,53,61)(H,54,63)(H,55,60)(H,56,62)(H,57,59)/t29-,30-,35-,36-,37-,38-,39-,40?,48-/m0/s1. The molecule has 9 atom stereocenters.